The van der Waals surface area contributed by atoms with E-state index in [4.69, 9.17) is 0 Å². The fourth-order valence-corrected chi connectivity index (χ4v) is 2.61. The molecule has 2 heterocycles. The first kappa shape index (κ1) is 15.3. The van der Waals surface area contributed by atoms with Crippen LogP contribution in [0.25, 0.3) is 4.96 Å². The van der Waals surface area contributed by atoms with E-state index in [1.165, 1.54) is 15.7 Å². The maximum Gasteiger partial charge on any atom is 0.356 e. The Balaban J connectivity index is 2.17. The van der Waals surface area contributed by atoms with E-state index in [0.29, 0.717) is 23.2 Å². The molecule has 2 aromatic heterocycles. The molecule has 0 saturated carbocycles. The predicted molar refractivity (Wildman–Crippen MR) is 81.1 cm³/mol. The second-order valence-electron chi connectivity index (χ2n) is 5.20. The van der Waals surface area contributed by atoms with Crippen LogP contribution in [0.2, 0.25) is 0 Å². The summed E-state index contributed by atoms with van der Waals surface area (Å²) in [5, 5.41) is 13.9. The number of nitrogens with one attached hydrogen (secondary N) is 1. The lowest BCUT2D eigenvalue weighted by molar-refractivity contribution is -0.119. The molecule has 0 aliphatic rings. The van der Waals surface area contributed by atoms with Crippen LogP contribution in [0.5, 0.6) is 0 Å². The average Bonchev–Trinajstić information content (AvgIpc) is 2.95. The summed E-state index contributed by atoms with van der Waals surface area (Å²) in [5.74, 6) is -0.551. The van der Waals surface area contributed by atoms with E-state index < -0.39 is 5.97 Å². The smallest absolute Gasteiger partial charge is 0.356 e. The molecule has 21 heavy (non-hydrogen) atoms. The number of carbonyl (C=O) groups excluding carboxylic acids is 1. The molecule has 2 rings (SSSR count). The molecule has 0 atom stereocenters. The second-order valence-corrected chi connectivity index (χ2v) is 6.07. The summed E-state index contributed by atoms with van der Waals surface area (Å²) in [7, 11) is 1.66. The van der Waals surface area contributed by atoms with Crippen molar-refractivity contribution in [1.82, 2.24) is 14.7 Å². The third kappa shape index (κ3) is 3.33. The lowest BCUT2D eigenvalue weighted by Crippen LogP contribution is -2.37. The standard InChI is InChI=1S/C13H18N4O3S/c1-8(2)6-14-9(18)7-16(3)11-10(12(19)20)17-4-5-21-13(17)15-11/h4-5,8H,6-7H2,1-3H3,(H,14,18)(H,19,20). The van der Waals surface area contributed by atoms with Crippen molar-refractivity contribution in [3.63, 3.8) is 0 Å². The number of anilines is 1. The topological polar surface area (TPSA) is 86.9 Å². The number of nitrogens with zero attached hydrogens (tertiary/aromatic N) is 3. The Morgan fingerprint density at radius 2 is 2.24 bits per heavy atom. The van der Waals surface area contributed by atoms with E-state index in [1.807, 2.05) is 13.8 Å². The molecule has 2 N–H and O–H groups in total. The molecule has 7 nitrogen and oxygen atoms in total. The molecule has 8 heteroatoms. The number of hydrogen-bond donors (Lipinski definition) is 2. The minimum Gasteiger partial charge on any atom is -0.476 e. The monoisotopic (exact) mass is 310 g/mol. The van der Waals surface area contributed by atoms with Crippen LogP contribution in [-0.2, 0) is 4.79 Å². The quantitative estimate of drug-likeness (QED) is 0.840. The normalized spacial score (nSPS) is 11.0. The number of thiazole rings is 1. The van der Waals surface area contributed by atoms with Gasteiger partial charge >= 0.3 is 5.97 Å². The third-order valence-corrected chi connectivity index (χ3v) is 3.65. The molecular formula is C13H18N4O3S. The van der Waals surface area contributed by atoms with E-state index in [0.717, 1.165) is 0 Å². The summed E-state index contributed by atoms with van der Waals surface area (Å²) in [4.78, 5) is 29.7. The van der Waals surface area contributed by atoms with Crippen molar-refractivity contribution >= 4 is 34.0 Å². The van der Waals surface area contributed by atoms with Gasteiger partial charge in [0.15, 0.2) is 16.5 Å². The van der Waals surface area contributed by atoms with E-state index >= 15 is 0 Å². The van der Waals surface area contributed by atoms with E-state index in [9.17, 15) is 14.7 Å². The van der Waals surface area contributed by atoms with E-state index in [2.05, 4.69) is 10.3 Å². The molecule has 0 aliphatic heterocycles. The largest absolute Gasteiger partial charge is 0.476 e. The van der Waals surface area contributed by atoms with Crippen LogP contribution in [-0.4, -0.2) is 46.5 Å². The maximum absolute atomic E-state index is 11.8. The highest BCUT2D eigenvalue weighted by atomic mass is 32.1. The second kappa shape index (κ2) is 6.13. The van der Waals surface area contributed by atoms with Crippen molar-refractivity contribution in [2.75, 3.05) is 25.0 Å². The Bertz CT molecular complexity index is 661. The number of carboxylic acid groups (broad SMARTS) is 1. The minimum atomic E-state index is -1.06. The highest BCUT2D eigenvalue weighted by Gasteiger charge is 2.23. The van der Waals surface area contributed by atoms with Crippen molar-refractivity contribution in [2.45, 2.75) is 13.8 Å². The molecular weight excluding hydrogens is 292 g/mol. The molecule has 0 bridgehead atoms. The lowest BCUT2D eigenvalue weighted by atomic mass is 10.2. The van der Waals surface area contributed by atoms with Crippen molar-refractivity contribution < 1.29 is 14.7 Å². The van der Waals surface area contributed by atoms with Crippen LogP contribution < -0.4 is 10.2 Å². The molecule has 0 spiro atoms. The first-order valence-electron chi connectivity index (χ1n) is 6.56. The molecule has 0 radical (unpaired) electrons. The number of carboxylic acids is 1. The Morgan fingerprint density at radius 3 is 2.86 bits per heavy atom. The van der Waals surface area contributed by atoms with E-state index in [-0.39, 0.29) is 18.1 Å². The Labute approximate surface area is 126 Å². The number of imidazole rings is 1. The molecule has 2 aromatic rings. The molecule has 0 unspecified atom stereocenters. The van der Waals surface area contributed by atoms with Crippen LogP contribution in [0.1, 0.15) is 24.3 Å². The van der Waals surface area contributed by atoms with Gasteiger partial charge < -0.3 is 15.3 Å². The summed E-state index contributed by atoms with van der Waals surface area (Å²) in [5.41, 5.74) is 0.0745. The van der Waals surface area contributed by atoms with Gasteiger partial charge in [-0.3, -0.25) is 9.20 Å². The highest BCUT2D eigenvalue weighted by molar-refractivity contribution is 7.15. The molecule has 0 fully saturated rings. The van der Waals surface area contributed by atoms with Gasteiger partial charge in [-0.2, -0.15) is 0 Å². The number of aromatic carboxylic acids is 1. The molecule has 0 saturated heterocycles. The minimum absolute atomic E-state index is 0.0673. The van der Waals surface area contributed by atoms with Crippen LogP contribution in [0.4, 0.5) is 5.82 Å². The summed E-state index contributed by atoms with van der Waals surface area (Å²) in [6, 6.07) is 0. The predicted octanol–water partition coefficient (Wildman–Crippen LogP) is 1.30. The Hall–Kier alpha value is -2.09. The lowest BCUT2D eigenvalue weighted by Gasteiger charge is -2.17. The van der Waals surface area contributed by atoms with Gasteiger partial charge in [-0.05, 0) is 5.92 Å². The zero-order chi connectivity index (χ0) is 15.6. The number of fused-ring (bicyclic) bond motifs is 1. The van der Waals surface area contributed by atoms with Gasteiger partial charge in [-0.15, -0.1) is 11.3 Å². The first-order valence-corrected chi connectivity index (χ1v) is 7.44. The number of amides is 1. The molecule has 114 valence electrons. The zero-order valence-electron chi connectivity index (χ0n) is 12.2. The number of likely N-dealkylation sites (N-methyl/N-ethyl adjacent to an activating group) is 1. The number of hydrogen-bond acceptors (Lipinski definition) is 5. The van der Waals surface area contributed by atoms with Crippen molar-refractivity contribution in [3.05, 3.63) is 17.3 Å². The summed E-state index contributed by atoms with van der Waals surface area (Å²) in [6.07, 6.45) is 1.66. The van der Waals surface area contributed by atoms with Crippen LogP contribution >= 0.6 is 11.3 Å². The first-order chi connectivity index (χ1) is 9.90. The van der Waals surface area contributed by atoms with Gasteiger partial charge in [0.05, 0.1) is 6.54 Å². The Kier molecular flexibility index (Phi) is 4.46. The fourth-order valence-electron chi connectivity index (χ4n) is 1.90. The number of aromatic nitrogens is 2. The molecule has 1 amide bonds. The molecule has 0 aliphatic carbocycles. The summed E-state index contributed by atoms with van der Waals surface area (Å²) >= 11 is 1.35. The summed E-state index contributed by atoms with van der Waals surface area (Å²) < 4.78 is 1.52. The van der Waals surface area contributed by atoms with Crippen LogP contribution in [0.3, 0.4) is 0 Å². The SMILES string of the molecule is CC(C)CNC(=O)CN(C)c1nc2sccn2c1C(=O)O. The van der Waals surface area contributed by atoms with Gasteiger partial charge in [-0.1, -0.05) is 13.8 Å². The van der Waals surface area contributed by atoms with Gasteiger partial charge in [0.25, 0.3) is 0 Å². The van der Waals surface area contributed by atoms with Crippen molar-refractivity contribution in [3.8, 4) is 0 Å². The number of carbonyl (C=O) groups is 2. The Morgan fingerprint density at radius 1 is 1.52 bits per heavy atom. The van der Waals surface area contributed by atoms with Gasteiger partial charge in [-0.25, -0.2) is 9.78 Å². The average molecular weight is 310 g/mol. The van der Waals surface area contributed by atoms with Gasteiger partial charge in [0, 0.05) is 25.2 Å². The fraction of sp³-hybridized carbons (Fsp3) is 0.462. The third-order valence-electron chi connectivity index (χ3n) is 2.90. The van der Waals surface area contributed by atoms with Crippen molar-refractivity contribution in [2.24, 2.45) is 5.92 Å². The van der Waals surface area contributed by atoms with E-state index in [1.54, 1.807) is 23.5 Å². The van der Waals surface area contributed by atoms with Crippen LogP contribution in [0.15, 0.2) is 11.6 Å². The van der Waals surface area contributed by atoms with Crippen molar-refractivity contribution in [1.29, 1.82) is 0 Å². The van der Waals surface area contributed by atoms with Gasteiger partial charge in [0.1, 0.15) is 0 Å². The summed E-state index contributed by atoms with van der Waals surface area (Å²) in [6.45, 7) is 4.68. The number of rotatable bonds is 6. The zero-order valence-corrected chi connectivity index (χ0v) is 13.0. The molecule has 0 aromatic carbocycles. The highest BCUT2D eigenvalue weighted by Crippen LogP contribution is 2.23. The van der Waals surface area contributed by atoms with Gasteiger partial charge in [0.2, 0.25) is 5.91 Å². The van der Waals surface area contributed by atoms with Crippen LogP contribution in [0, 0.1) is 5.92 Å². The maximum atomic E-state index is 11.8.